The largest absolute Gasteiger partial charge is 0.398 e. The van der Waals surface area contributed by atoms with Crippen LogP contribution in [0.2, 0.25) is 4.34 Å². The van der Waals surface area contributed by atoms with Gasteiger partial charge in [-0.3, -0.25) is 0 Å². The molecule has 17 heavy (non-hydrogen) atoms. The molecule has 0 amide bonds. The molecule has 0 saturated carbocycles. The minimum atomic E-state index is 0.767. The van der Waals surface area contributed by atoms with Crippen LogP contribution in [0, 0.1) is 0 Å². The monoisotopic (exact) mass is 330 g/mol. The molecular formula is C12H12BrClN2S. The van der Waals surface area contributed by atoms with Gasteiger partial charge in [0.2, 0.25) is 0 Å². The number of benzene rings is 1. The molecule has 0 aliphatic rings. The van der Waals surface area contributed by atoms with E-state index < -0.39 is 0 Å². The van der Waals surface area contributed by atoms with E-state index in [4.69, 9.17) is 17.3 Å². The number of rotatable bonds is 4. The maximum atomic E-state index is 5.86. The Morgan fingerprint density at radius 1 is 1.24 bits per heavy atom. The van der Waals surface area contributed by atoms with Crippen LogP contribution in [-0.4, -0.2) is 0 Å². The Hall–Kier alpha value is -0.550. The van der Waals surface area contributed by atoms with Crippen molar-refractivity contribution in [2.75, 3.05) is 5.73 Å². The predicted octanol–water partition coefficient (Wildman–Crippen LogP) is 4.04. The van der Waals surface area contributed by atoms with Gasteiger partial charge in [-0.1, -0.05) is 17.7 Å². The van der Waals surface area contributed by atoms with Crippen molar-refractivity contribution < 1.29 is 0 Å². The molecular weight excluding hydrogens is 320 g/mol. The second-order valence-electron chi connectivity index (χ2n) is 3.67. The van der Waals surface area contributed by atoms with E-state index in [-0.39, 0.29) is 0 Å². The lowest BCUT2D eigenvalue weighted by Gasteiger charge is -2.05. The molecule has 0 spiro atoms. The molecule has 0 unspecified atom stereocenters. The number of hydrogen-bond acceptors (Lipinski definition) is 3. The quantitative estimate of drug-likeness (QED) is 0.830. The zero-order valence-corrected chi connectivity index (χ0v) is 12.2. The Labute approximate surface area is 118 Å². The number of thiophene rings is 1. The minimum absolute atomic E-state index is 0.767. The molecule has 5 heteroatoms. The molecule has 90 valence electrons. The van der Waals surface area contributed by atoms with E-state index in [1.165, 1.54) is 10.4 Å². The van der Waals surface area contributed by atoms with Gasteiger partial charge in [-0.25, -0.2) is 0 Å². The summed E-state index contributed by atoms with van der Waals surface area (Å²) < 4.78 is 1.76. The van der Waals surface area contributed by atoms with Crippen molar-refractivity contribution in [2.45, 2.75) is 13.1 Å². The maximum absolute atomic E-state index is 5.86. The van der Waals surface area contributed by atoms with Crippen molar-refractivity contribution >= 4 is 44.6 Å². The van der Waals surface area contributed by atoms with E-state index in [9.17, 15) is 0 Å². The minimum Gasteiger partial charge on any atom is -0.398 e. The molecule has 0 saturated heterocycles. The molecule has 0 bridgehead atoms. The van der Waals surface area contributed by atoms with Gasteiger partial charge in [0.15, 0.2) is 0 Å². The van der Waals surface area contributed by atoms with Crippen LogP contribution in [-0.2, 0) is 13.1 Å². The van der Waals surface area contributed by atoms with Gasteiger partial charge in [-0.2, -0.15) is 0 Å². The Kier molecular flexibility index (Phi) is 4.45. The highest BCUT2D eigenvalue weighted by molar-refractivity contribution is 9.10. The summed E-state index contributed by atoms with van der Waals surface area (Å²) in [6, 6.07) is 9.94. The molecule has 0 aliphatic heterocycles. The number of nitrogens with one attached hydrogen (secondary N) is 1. The van der Waals surface area contributed by atoms with Crippen LogP contribution in [0.1, 0.15) is 10.4 Å². The van der Waals surface area contributed by atoms with Crippen molar-refractivity contribution in [3.8, 4) is 0 Å². The van der Waals surface area contributed by atoms with E-state index in [0.29, 0.717) is 0 Å². The number of nitrogen functional groups attached to an aromatic ring is 1. The van der Waals surface area contributed by atoms with Gasteiger partial charge in [-0.15, -0.1) is 11.3 Å². The maximum Gasteiger partial charge on any atom is 0.0931 e. The van der Waals surface area contributed by atoms with Gasteiger partial charge in [0.1, 0.15) is 0 Å². The van der Waals surface area contributed by atoms with E-state index in [0.717, 1.165) is 27.6 Å². The summed E-state index contributed by atoms with van der Waals surface area (Å²) in [7, 11) is 0. The summed E-state index contributed by atoms with van der Waals surface area (Å²) in [4.78, 5) is 1.24. The van der Waals surface area contributed by atoms with Crippen molar-refractivity contribution in [2.24, 2.45) is 0 Å². The van der Waals surface area contributed by atoms with E-state index >= 15 is 0 Å². The van der Waals surface area contributed by atoms with Gasteiger partial charge in [-0.05, 0) is 45.8 Å². The molecule has 2 nitrogen and oxygen atoms in total. The van der Waals surface area contributed by atoms with E-state index in [1.54, 1.807) is 11.3 Å². The zero-order valence-electron chi connectivity index (χ0n) is 9.04. The number of anilines is 1. The predicted molar refractivity (Wildman–Crippen MR) is 78.4 cm³/mol. The smallest absolute Gasteiger partial charge is 0.0931 e. The number of hydrogen-bond donors (Lipinski definition) is 2. The van der Waals surface area contributed by atoms with Crippen molar-refractivity contribution in [1.29, 1.82) is 0 Å². The summed E-state index contributed by atoms with van der Waals surface area (Å²) >= 11 is 10.8. The number of nitrogens with two attached hydrogens (primary N) is 1. The highest BCUT2D eigenvalue weighted by Crippen LogP contribution is 2.22. The van der Waals surface area contributed by atoms with Gasteiger partial charge in [0.25, 0.3) is 0 Å². The van der Waals surface area contributed by atoms with Crippen molar-refractivity contribution in [3.63, 3.8) is 0 Å². The molecule has 0 radical (unpaired) electrons. The third-order valence-corrected chi connectivity index (χ3v) is 4.27. The molecule has 2 aromatic rings. The van der Waals surface area contributed by atoms with Gasteiger partial charge >= 0.3 is 0 Å². The first-order valence-corrected chi connectivity index (χ1v) is 7.13. The Bertz CT molecular complexity index is 513. The second-order valence-corrected chi connectivity index (χ2v) is 6.32. The van der Waals surface area contributed by atoms with Crippen LogP contribution >= 0.6 is 38.9 Å². The molecule has 1 aromatic carbocycles. The topological polar surface area (TPSA) is 38.0 Å². The van der Waals surface area contributed by atoms with Crippen LogP contribution in [0.5, 0.6) is 0 Å². The van der Waals surface area contributed by atoms with E-state index in [2.05, 4.69) is 27.3 Å². The molecule has 0 fully saturated rings. The summed E-state index contributed by atoms with van der Waals surface area (Å²) in [5.41, 5.74) is 7.76. The average molecular weight is 332 g/mol. The molecule has 0 aliphatic carbocycles. The highest BCUT2D eigenvalue weighted by Gasteiger charge is 2.00. The molecule has 1 heterocycles. The van der Waals surface area contributed by atoms with Gasteiger partial charge in [0, 0.05) is 28.1 Å². The molecule has 2 rings (SSSR count). The average Bonchev–Trinajstić information content (AvgIpc) is 2.70. The third kappa shape index (κ3) is 3.71. The van der Waals surface area contributed by atoms with Crippen molar-refractivity contribution in [3.05, 3.63) is 49.6 Å². The fourth-order valence-corrected chi connectivity index (χ4v) is 2.78. The first-order valence-electron chi connectivity index (χ1n) is 5.14. The molecule has 0 atom stereocenters. The van der Waals surface area contributed by atoms with Gasteiger partial charge < -0.3 is 11.1 Å². The lowest BCUT2D eigenvalue weighted by Crippen LogP contribution is -2.11. The Morgan fingerprint density at radius 2 is 2.06 bits per heavy atom. The highest BCUT2D eigenvalue weighted by atomic mass is 79.9. The lowest BCUT2D eigenvalue weighted by molar-refractivity contribution is 0.701. The second kappa shape index (κ2) is 5.87. The number of halogens is 2. The van der Waals surface area contributed by atoms with Crippen LogP contribution in [0.15, 0.2) is 34.8 Å². The summed E-state index contributed by atoms with van der Waals surface area (Å²) in [6.45, 7) is 1.63. The van der Waals surface area contributed by atoms with Crippen LogP contribution in [0.25, 0.3) is 0 Å². The van der Waals surface area contributed by atoms with Gasteiger partial charge in [0.05, 0.1) is 4.34 Å². The Balaban J connectivity index is 1.87. The fraction of sp³-hybridized carbons (Fsp3) is 0.167. The lowest BCUT2D eigenvalue weighted by atomic mass is 10.2. The standard InChI is InChI=1S/C12H12BrClN2S/c13-10-3-1-8(5-11(10)15)6-16-7-9-2-4-12(14)17-9/h1-5,16H,6-7,15H2. The summed E-state index contributed by atoms with van der Waals surface area (Å²) in [6.07, 6.45) is 0. The first kappa shape index (κ1) is 12.9. The van der Waals surface area contributed by atoms with E-state index in [1.807, 2.05) is 24.3 Å². The zero-order chi connectivity index (χ0) is 12.3. The SMILES string of the molecule is Nc1cc(CNCc2ccc(Cl)s2)ccc1Br. The van der Waals surface area contributed by atoms with Crippen molar-refractivity contribution in [1.82, 2.24) is 5.32 Å². The normalized spacial score (nSPS) is 10.7. The summed E-state index contributed by atoms with van der Waals surface area (Å²) in [5.74, 6) is 0. The first-order chi connectivity index (χ1) is 8.15. The molecule has 1 aromatic heterocycles. The summed E-state index contributed by atoms with van der Waals surface area (Å²) in [5, 5.41) is 3.36. The van der Waals surface area contributed by atoms with Crippen LogP contribution < -0.4 is 11.1 Å². The van der Waals surface area contributed by atoms with Crippen LogP contribution in [0.3, 0.4) is 0 Å². The third-order valence-electron chi connectivity index (χ3n) is 2.32. The van der Waals surface area contributed by atoms with Crippen LogP contribution in [0.4, 0.5) is 5.69 Å². The molecule has 3 N–H and O–H groups in total. The Morgan fingerprint density at radius 3 is 2.71 bits per heavy atom. The fourth-order valence-electron chi connectivity index (χ4n) is 1.48.